The van der Waals surface area contributed by atoms with Crippen molar-refractivity contribution in [2.45, 2.75) is 0 Å². The van der Waals surface area contributed by atoms with Crippen molar-refractivity contribution in [3.05, 3.63) is 171 Å². The molecule has 242 valence electrons. The summed E-state index contributed by atoms with van der Waals surface area (Å²) in [6.07, 6.45) is 0. The van der Waals surface area contributed by atoms with E-state index in [1.54, 1.807) is 6.07 Å². The Morgan fingerprint density at radius 3 is 1.45 bits per heavy atom. The van der Waals surface area contributed by atoms with Crippen molar-refractivity contribution in [1.82, 2.24) is 0 Å². The third-order valence-electron chi connectivity index (χ3n) is 8.90. The zero-order chi connectivity index (χ0) is 32.8. The van der Waals surface area contributed by atoms with Crippen LogP contribution in [0.25, 0.3) is 33.4 Å². The second kappa shape index (κ2) is 16.6. The van der Waals surface area contributed by atoms with Crippen molar-refractivity contribution >= 4 is 92.0 Å². The van der Waals surface area contributed by atoms with Crippen LogP contribution in [0.3, 0.4) is 0 Å². The number of rotatable bonds is 1. The fourth-order valence-corrected chi connectivity index (χ4v) is 7.02. The summed E-state index contributed by atoms with van der Waals surface area (Å²) in [5.41, 5.74) is 11.8. The van der Waals surface area contributed by atoms with Crippen molar-refractivity contribution in [2.24, 2.45) is 0 Å². The van der Waals surface area contributed by atoms with E-state index in [0.717, 1.165) is 76.7 Å². The molecule has 51 heavy (non-hydrogen) atoms. The molecule has 0 spiro atoms. The van der Waals surface area contributed by atoms with Crippen molar-refractivity contribution < 1.29 is 43.5 Å². The summed E-state index contributed by atoms with van der Waals surface area (Å²) < 4.78 is 11.9. The van der Waals surface area contributed by atoms with Crippen molar-refractivity contribution in [3.63, 3.8) is 0 Å². The van der Waals surface area contributed by atoms with Gasteiger partial charge in [0.15, 0.2) is 11.6 Å². The second-order valence-electron chi connectivity index (χ2n) is 11.7. The van der Waals surface area contributed by atoms with Gasteiger partial charge < -0.3 is 33.9 Å². The van der Waals surface area contributed by atoms with Crippen LogP contribution in [0, 0.1) is 6.07 Å². The second-order valence-corrected chi connectivity index (χ2v) is 12.6. The number of hydrogen-bond donors (Lipinski definition) is 0. The van der Waals surface area contributed by atoms with E-state index in [4.69, 9.17) is 9.31 Å². The number of halogens is 2. The van der Waals surface area contributed by atoms with Gasteiger partial charge in [-0.05, 0) is 45.4 Å². The van der Waals surface area contributed by atoms with Crippen LogP contribution < -0.4 is 22.4 Å². The first kappa shape index (κ1) is 39.0. The van der Waals surface area contributed by atoms with E-state index < -0.39 is 0 Å². The molecule has 0 aromatic heterocycles. The van der Waals surface area contributed by atoms with Gasteiger partial charge in [0.05, 0.1) is 13.2 Å². The Morgan fingerprint density at radius 1 is 0.510 bits per heavy atom. The fraction of sp³-hybridized carbons (Fsp3) is 0.0488. The summed E-state index contributed by atoms with van der Waals surface area (Å²) in [7, 11) is -0.332. The molecule has 6 aromatic rings. The number of carbonyl (C=O) groups is 3. The Kier molecular flexibility index (Phi) is 12.7. The average Bonchev–Trinajstić information content (AvgIpc) is 3.91. The molecule has 1 fully saturated rings. The van der Waals surface area contributed by atoms with Crippen LogP contribution in [0.5, 0.6) is 0 Å². The molecule has 10 rings (SSSR count). The maximum absolute atomic E-state index is 12.4. The summed E-state index contributed by atoms with van der Waals surface area (Å²) in [4.78, 5) is 36.3. The van der Waals surface area contributed by atoms with Crippen molar-refractivity contribution in [1.29, 1.82) is 0 Å². The van der Waals surface area contributed by atoms with Gasteiger partial charge in [-0.25, -0.2) is 0 Å². The van der Waals surface area contributed by atoms with Crippen LogP contribution in [-0.4, -0.2) is 83.8 Å². The van der Waals surface area contributed by atoms with Gasteiger partial charge in [-0.15, -0.1) is 5.56 Å². The Bertz CT molecular complexity index is 2270. The summed E-state index contributed by atoms with van der Waals surface area (Å²) in [5.74, 6) is 0.333. The molecule has 1 saturated heterocycles. The normalized spacial score (nSPS) is 13.3. The molecule has 0 N–H and O–H groups in total. The molecular formula is C41H27BBr2Mg2O5. The van der Waals surface area contributed by atoms with Gasteiger partial charge in [0.2, 0.25) is 0 Å². The molecule has 6 aromatic carbocycles. The minimum Gasteiger partial charge on any atom is -1.00 e. The first-order valence-electron chi connectivity index (χ1n) is 15.6. The van der Waals surface area contributed by atoms with Gasteiger partial charge in [0, 0.05) is 32.3 Å². The van der Waals surface area contributed by atoms with Gasteiger partial charge in [-0.1, -0.05) is 119 Å². The maximum Gasteiger partial charge on any atom is 2.00 e. The Labute approximate surface area is 350 Å². The molecule has 1 heterocycles. The Balaban J connectivity index is 0.000000207. The topological polar surface area (TPSA) is 69.7 Å². The van der Waals surface area contributed by atoms with Gasteiger partial charge in [0.1, 0.15) is 5.78 Å². The molecule has 0 atom stereocenters. The van der Waals surface area contributed by atoms with E-state index in [9.17, 15) is 14.4 Å². The predicted octanol–water partition coefficient (Wildman–Crippen LogP) is 4.47. The first-order valence-corrected chi connectivity index (χ1v) is 16.4. The van der Waals surface area contributed by atoms with E-state index in [1.807, 2.05) is 121 Å². The van der Waals surface area contributed by atoms with E-state index in [1.165, 1.54) is 0 Å². The van der Waals surface area contributed by atoms with E-state index in [-0.39, 0.29) is 90.4 Å². The van der Waals surface area contributed by atoms with Crippen LogP contribution in [-0.2, 0) is 9.31 Å². The van der Waals surface area contributed by atoms with Crippen LogP contribution >= 0.6 is 15.9 Å². The molecular weight excluding hydrogens is 792 g/mol. The Hall–Kier alpha value is -3.19. The smallest absolute Gasteiger partial charge is 1.00 e. The zero-order valence-electron chi connectivity index (χ0n) is 29.3. The van der Waals surface area contributed by atoms with E-state index in [2.05, 4.69) is 22.0 Å². The Morgan fingerprint density at radius 2 is 0.922 bits per heavy atom. The molecule has 0 saturated carbocycles. The minimum atomic E-state index is -0.332. The monoisotopic (exact) mass is 816 g/mol. The van der Waals surface area contributed by atoms with Crippen molar-refractivity contribution in [2.75, 3.05) is 13.2 Å². The molecule has 0 unspecified atom stereocenters. The quantitative estimate of drug-likeness (QED) is 0.181. The summed E-state index contributed by atoms with van der Waals surface area (Å²) in [6, 6.07) is 43.3. The number of carbonyl (C=O) groups excluding carboxylic acids is 3. The molecule has 4 aliphatic rings. The fourth-order valence-electron chi connectivity index (χ4n) is 6.66. The molecule has 0 amide bonds. The van der Waals surface area contributed by atoms with E-state index in [0.29, 0.717) is 13.2 Å². The minimum absolute atomic E-state index is 0. The molecule has 5 nitrogen and oxygen atoms in total. The van der Waals surface area contributed by atoms with Crippen LogP contribution in [0.2, 0.25) is 0 Å². The molecule has 10 heteroatoms. The SMILES string of the molecule is O=C1c2c[c-]ccc2-c2ccccc21.O=C1c2ccccc2-c2ccc(B3OCCO3)cc21.O=C1c2ccccc2-c2ccc(Br)cc21.[Br-].[H-].[H-].[Mg+2].[Mg+2]. The maximum atomic E-state index is 12.4. The van der Waals surface area contributed by atoms with Crippen molar-refractivity contribution in [3.8, 4) is 33.4 Å². The molecule has 1 aliphatic heterocycles. The van der Waals surface area contributed by atoms with Crippen LogP contribution in [0.15, 0.2) is 132 Å². The summed E-state index contributed by atoms with van der Waals surface area (Å²) >= 11 is 3.38. The van der Waals surface area contributed by atoms with Gasteiger partial charge in [-0.3, -0.25) is 9.59 Å². The van der Waals surface area contributed by atoms with Crippen LogP contribution in [0.4, 0.5) is 0 Å². The number of ketones is 3. The first-order chi connectivity index (χ1) is 23.5. The summed E-state index contributed by atoms with van der Waals surface area (Å²) in [6.45, 7) is 1.21. The largest absolute Gasteiger partial charge is 2.00 e. The van der Waals surface area contributed by atoms with E-state index >= 15 is 0 Å². The number of fused-ring (bicyclic) bond motifs is 9. The third kappa shape index (κ3) is 7.26. The molecule has 0 bridgehead atoms. The average molecular weight is 819 g/mol. The molecule has 3 aliphatic carbocycles. The summed E-state index contributed by atoms with van der Waals surface area (Å²) in [5, 5.41) is 0. The molecule has 0 radical (unpaired) electrons. The van der Waals surface area contributed by atoms with Gasteiger partial charge >= 0.3 is 53.2 Å². The predicted molar refractivity (Wildman–Crippen MR) is 203 cm³/mol. The third-order valence-corrected chi connectivity index (χ3v) is 9.40. The van der Waals surface area contributed by atoms with Crippen LogP contribution in [0.1, 0.15) is 50.6 Å². The number of benzene rings is 6. The number of hydrogen-bond acceptors (Lipinski definition) is 5. The van der Waals surface area contributed by atoms with Gasteiger partial charge in [0.25, 0.3) is 0 Å². The van der Waals surface area contributed by atoms with Gasteiger partial charge in [-0.2, -0.15) is 24.3 Å². The standard InChI is InChI=1S/C15H11BO3.C13H7BrO.C13H7O.BrH.2Mg.2H/c17-15-13-4-2-1-3-11(13)12-6-5-10(9-14(12)15)16-18-7-8-19-16;14-8-5-6-10-9-3-1-2-4-11(9)13(15)12(10)7-8;14-13-11-7-3-1-5-9(11)10-6-2-4-8-12(10)13;;;;;/h1-6,9H,7-8H2;1-7H;1-3,5-8H;1H;;;;/q;;-1;;2*+2;2*-1/p-1. The zero-order valence-corrected chi connectivity index (χ0v) is 33.3.